The molecule has 0 aliphatic heterocycles. The Labute approximate surface area is 104 Å². The molecular weight excluding hydrogens is 296 g/mol. The predicted octanol–water partition coefficient (Wildman–Crippen LogP) is 1.34. The fourth-order valence-corrected chi connectivity index (χ4v) is 2.28. The van der Waals surface area contributed by atoms with E-state index in [0.717, 1.165) is 4.47 Å². The highest BCUT2D eigenvalue weighted by Crippen LogP contribution is 2.16. The Hall–Kier alpha value is -0.630. The van der Waals surface area contributed by atoms with Crippen molar-refractivity contribution >= 4 is 31.8 Å². The fraction of sp³-hybridized carbons (Fsp3) is 0.333. The molecule has 0 fully saturated rings. The minimum atomic E-state index is -3.52. The van der Waals surface area contributed by atoms with E-state index in [0.29, 0.717) is 12.3 Å². The second-order valence-electron chi connectivity index (χ2n) is 3.00. The van der Waals surface area contributed by atoms with Crippen molar-refractivity contribution in [3.05, 3.63) is 28.7 Å². The number of halogens is 1. The van der Waals surface area contributed by atoms with Gasteiger partial charge in [0.15, 0.2) is 0 Å². The minimum Gasteiger partial charge on any atom is -0.383 e. The molecule has 0 aliphatic carbocycles. The normalized spacial score (nSPS) is 11.4. The van der Waals surface area contributed by atoms with Gasteiger partial charge in [0.2, 0.25) is 0 Å². The van der Waals surface area contributed by atoms with Crippen molar-refractivity contribution < 1.29 is 13.2 Å². The molecule has 90 valence electrons. The minimum absolute atomic E-state index is 0.236. The van der Waals surface area contributed by atoms with Crippen molar-refractivity contribution in [2.75, 3.05) is 25.0 Å². The summed E-state index contributed by atoms with van der Waals surface area (Å²) in [6.45, 7) is 0.569. The van der Waals surface area contributed by atoms with E-state index in [1.54, 1.807) is 18.2 Å². The topological polar surface area (TPSA) is 67.4 Å². The quantitative estimate of drug-likeness (QED) is 0.779. The zero-order chi connectivity index (χ0) is 12.0. The molecular formula is C9H13BrN2O3S. The van der Waals surface area contributed by atoms with Crippen LogP contribution in [0, 0.1) is 0 Å². The molecule has 0 radical (unpaired) electrons. The molecule has 0 aliphatic rings. The highest BCUT2D eigenvalue weighted by Gasteiger charge is 2.08. The van der Waals surface area contributed by atoms with Gasteiger partial charge >= 0.3 is 0 Å². The van der Waals surface area contributed by atoms with Crippen LogP contribution < -0.4 is 9.44 Å². The van der Waals surface area contributed by atoms with Gasteiger partial charge in [0.25, 0.3) is 10.2 Å². The average Bonchev–Trinajstić information content (AvgIpc) is 2.17. The Morgan fingerprint density at radius 2 is 2.19 bits per heavy atom. The predicted molar refractivity (Wildman–Crippen MR) is 66.6 cm³/mol. The van der Waals surface area contributed by atoms with Crippen LogP contribution in [0.2, 0.25) is 0 Å². The lowest BCUT2D eigenvalue weighted by Crippen LogP contribution is -2.32. The van der Waals surface area contributed by atoms with Crippen molar-refractivity contribution in [2.45, 2.75) is 0 Å². The SMILES string of the molecule is COCCNS(=O)(=O)Nc1cccc(Br)c1. The maximum atomic E-state index is 11.5. The van der Waals surface area contributed by atoms with Gasteiger partial charge in [-0.15, -0.1) is 0 Å². The van der Waals surface area contributed by atoms with Gasteiger partial charge in [-0.05, 0) is 18.2 Å². The number of ether oxygens (including phenoxy) is 1. The molecule has 16 heavy (non-hydrogen) atoms. The molecule has 1 aromatic carbocycles. The lowest BCUT2D eigenvalue weighted by atomic mass is 10.3. The third-order valence-corrected chi connectivity index (χ3v) is 3.26. The summed E-state index contributed by atoms with van der Waals surface area (Å²) >= 11 is 3.26. The first-order valence-electron chi connectivity index (χ1n) is 4.55. The highest BCUT2D eigenvalue weighted by atomic mass is 79.9. The summed E-state index contributed by atoms with van der Waals surface area (Å²) < 4.78 is 33.3. The third-order valence-electron chi connectivity index (χ3n) is 1.68. The molecule has 5 nitrogen and oxygen atoms in total. The van der Waals surface area contributed by atoms with Crippen LogP contribution in [0.4, 0.5) is 5.69 Å². The van der Waals surface area contributed by atoms with Gasteiger partial charge in [0.1, 0.15) is 0 Å². The Bertz CT molecular complexity index is 436. The van der Waals surface area contributed by atoms with Crippen LogP contribution in [0.1, 0.15) is 0 Å². The van der Waals surface area contributed by atoms with Crippen molar-refractivity contribution in [3.8, 4) is 0 Å². The molecule has 1 aromatic rings. The fourth-order valence-electron chi connectivity index (χ4n) is 1.02. The molecule has 0 heterocycles. The summed E-state index contributed by atoms with van der Waals surface area (Å²) in [7, 11) is -2.01. The Balaban J connectivity index is 2.59. The first-order chi connectivity index (χ1) is 7.53. The zero-order valence-electron chi connectivity index (χ0n) is 8.73. The van der Waals surface area contributed by atoms with E-state index >= 15 is 0 Å². The molecule has 0 spiro atoms. The lowest BCUT2D eigenvalue weighted by molar-refractivity contribution is 0.204. The third kappa shape index (κ3) is 4.93. The van der Waals surface area contributed by atoms with Crippen molar-refractivity contribution in [3.63, 3.8) is 0 Å². The van der Waals surface area contributed by atoms with E-state index < -0.39 is 10.2 Å². The van der Waals surface area contributed by atoms with Crippen molar-refractivity contribution in [1.29, 1.82) is 0 Å². The maximum Gasteiger partial charge on any atom is 0.299 e. The van der Waals surface area contributed by atoms with Gasteiger partial charge in [-0.1, -0.05) is 22.0 Å². The number of benzene rings is 1. The van der Waals surface area contributed by atoms with Gasteiger partial charge in [-0.2, -0.15) is 13.1 Å². The van der Waals surface area contributed by atoms with Gasteiger partial charge in [-0.25, -0.2) is 0 Å². The number of hydrogen-bond donors (Lipinski definition) is 2. The largest absolute Gasteiger partial charge is 0.383 e. The molecule has 7 heteroatoms. The number of methoxy groups -OCH3 is 1. The Morgan fingerprint density at radius 1 is 1.44 bits per heavy atom. The van der Waals surface area contributed by atoms with Crippen LogP contribution in [-0.2, 0) is 14.9 Å². The van der Waals surface area contributed by atoms with Gasteiger partial charge in [0, 0.05) is 18.1 Å². The van der Waals surface area contributed by atoms with Crippen LogP contribution in [-0.4, -0.2) is 28.7 Å². The molecule has 0 amide bonds. The van der Waals surface area contributed by atoms with Crippen LogP contribution >= 0.6 is 15.9 Å². The van der Waals surface area contributed by atoms with Gasteiger partial charge in [0.05, 0.1) is 12.3 Å². The van der Waals surface area contributed by atoms with Crippen LogP contribution in [0.5, 0.6) is 0 Å². The summed E-state index contributed by atoms with van der Waals surface area (Å²) in [4.78, 5) is 0. The summed E-state index contributed by atoms with van der Waals surface area (Å²) in [5.74, 6) is 0. The smallest absolute Gasteiger partial charge is 0.299 e. The summed E-state index contributed by atoms with van der Waals surface area (Å²) in [5.41, 5.74) is 0.499. The molecule has 0 saturated heterocycles. The summed E-state index contributed by atoms with van der Waals surface area (Å²) in [6, 6.07) is 6.91. The molecule has 1 rings (SSSR count). The molecule has 2 N–H and O–H groups in total. The van der Waals surface area contributed by atoms with E-state index in [1.165, 1.54) is 7.11 Å². The van der Waals surface area contributed by atoms with E-state index in [1.807, 2.05) is 6.07 Å². The number of anilines is 1. The summed E-state index contributed by atoms with van der Waals surface area (Å²) in [5, 5.41) is 0. The number of nitrogens with one attached hydrogen (secondary N) is 2. The van der Waals surface area contributed by atoms with Crippen molar-refractivity contribution in [1.82, 2.24) is 4.72 Å². The van der Waals surface area contributed by atoms with Crippen LogP contribution in [0.15, 0.2) is 28.7 Å². The van der Waals surface area contributed by atoms with E-state index in [2.05, 4.69) is 25.4 Å². The second kappa shape index (κ2) is 6.19. The standard InChI is InChI=1S/C9H13BrN2O3S/c1-15-6-5-11-16(13,14)12-9-4-2-3-8(10)7-9/h2-4,7,11-12H,5-6H2,1H3. The Morgan fingerprint density at radius 3 is 2.81 bits per heavy atom. The molecule has 0 unspecified atom stereocenters. The van der Waals surface area contributed by atoms with Crippen LogP contribution in [0.25, 0.3) is 0 Å². The summed E-state index contributed by atoms with van der Waals surface area (Å²) in [6.07, 6.45) is 0. The molecule has 0 bridgehead atoms. The van der Waals surface area contributed by atoms with E-state index in [9.17, 15) is 8.42 Å². The monoisotopic (exact) mass is 308 g/mol. The van der Waals surface area contributed by atoms with Crippen LogP contribution in [0.3, 0.4) is 0 Å². The highest BCUT2D eigenvalue weighted by molar-refractivity contribution is 9.10. The first-order valence-corrected chi connectivity index (χ1v) is 6.83. The van der Waals surface area contributed by atoms with Gasteiger partial charge in [-0.3, -0.25) is 4.72 Å². The van der Waals surface area contributed by atoms with E-state index in [-0.39, 0.29) is 6.54 Å². The van der Waals surface area contributed by atoms with E-state index in [4.69, 9.17) is 4.74 Å². The lowest BCUT2D eigenvalue weighted by Gasteiger charge is -2.08. The zero-order valence-corrected chi connectivity index (χ0v) is 11.1. The number of hydrogen-bond acceptors (Lipinski definition) is 3. The Kier molecular flexibility index (Phi) is 5.20. The number of rotatable bonds is 6. The average molecular weight is 309 g/mol. The molecule has 0 aromatic heterocycles. The first kappa shape index (κ1) is 13.4. The second-order valence-corrected chi connectivity index (χ2v) is 5.42. The maximum absolute atomic E-state index is 11.5. The molecule has 0 saturated carbocycles. The molecule has 0 atom stereocenters. The van der Waals surface area contributed by atoms with Gasteiger partial charge < -0.3 is 4.74 Å². The van der Waals surface area contributed by atoms with Crippen molar-refractivity contribution in [2.24, 2.45) is 0 Å².